The molecule has 0 saturated heterocycles. The summed E-state index contributed by atoms with van der Waals surface area (Å²) in [5.74, 6) is 3.39. The van der Waals surface area contributed by atoms with Crippen LogP contribution in [-0.2, 0) is 7.05 Å². The van der Waals surface area contributed by atoms with E-state index in [1.165, 1.54) is 11.1 Å². The van der Waals surface area contributed by atoms with E-state index in [-0.39, 0.29) is 0 Å². The predicted octanol–water partition coefficient (Wildman–Crippen LogP) is 4.17. The van der Waals surface area contributed by atoms with Gasteiger partial charge in [0.25, 0.3) is 0 Å². The molecule has 0 unspecified atom stereocenters. The molecule has 6 heteroatoms. The number of nitrogens with zero attached hydrogens (tertiary/aromatic N) is 3. The van der Waals surface area contributed by atoms with Crippen LogP contribution in [0.3, 0.4) is 0 Å². The van der Waals surface area contributed by atoms with Crippen LogP contribution in [0.4, 0.5) is 0 Å². The Morgan fingerprint density at radius 3 is 2.54 bits per heavy atom. The van der Waals surface area contributed by atoms with Crippen LogP contribution in [-0.4, -0.2) is 27.1 Å². The van der Waals surface area contributed by atoms with Crippen LogP contribution < -0.4 is 4.74 Å². The number of thioether (sulfide) groups is 1. The highest BCUT2D eigenvalue weighted by molar-refractivity contribution is 7.99. The summed E-state index contributed by atoms with van der Waals surface area (Å²) in [6, 6.07) is 8.16. The number of ether oxygens (including phenoxy) is 1. The molecular formula is C18H21N3O2S. The second-order valence-corrected chi connectivity index (χ2v) is 6.84. The Kier molecular flexibility index (Phi) is 4.94. The van der Waals surface area contributed by atoms with E-state index in [1.54, 1.807) is 18.0 Å². The highest BCUT2D eigenvalue weighted by Gasteiger charge is 2.14. The minimum Gasteiger partial charge on any atom is -0.493 e. The maximum Gasteiger partial charge on any atom is 0.191 e. The standard InChI is InChI=1S/C18H21N3O2S/c1-12-9-13(2)11-15(10-12)23-7-8-24-18-20-19-17(21(18)4)16-5-6-22-14(16)3/h5-6,9-11H,7-8H2,1-4H3. The first-order chi connectivity index (χ1) is 11.5. The van der Waals surface area contributed by atoms with E-state index in [0.29, 0.717) is 6.61 Å². The van der Waals surface area contributed by atoms with Crippen molar-refractivity contribution in [3.8, 4) is 17.1 Å². The summed E-state index contributed by atoms with van der Waals surface area (Å²) in [5.41, 5.74) is 3.40. The SMILES string of the molecule is Cc1cc(C)cc(OCCSc2nnc(-c3ccoc3C)n2C)c1. The van der Waals surface area contributed by atoms with Crippen LogP contribution in [0.25, 0.3) is 11.4 Å². The topological polar surface area (TPSA) is 53.1 Å². The van der Waals surface area contributed by atoms with Crippen LogP contribution in [0.15, 0.2) is 40.1 Å². The molecule has 5 nitrogen and oxygen atoms in total. The van der Waals surface area contributed by atoms with E-state index in [4.69, 9.17) is 9.15 Å². The van der Waals surface area contributed by atoms with Crippen LogP contribution >= 0.6 is 11.8 Å². The third-order valence-corrected chi connectivity index (χ3v) is 4.70. The van der Waals surface area contributed by atoms with Gasteiger partial charge in [-0.1, -0.05) is 17.8 Å². The molecule has 0 saturated carbocycles. The lowest BCUT2D eigenvalue weighted by molar-refractivity contribution is 0.343. The number of benzene rings is 1. The van der Waals surface area contributed by atoms with E-state index >= 15 is 0 Å². The molecule has 2 aromatic heterocycles. The van der Waals surface area contributed by atoms with E-state index in [2.05, 4.69) is 42.2 Å². The highest BCUT2D eigenvalue weighted by Crippen LogP contribution is 2.26. The molecule has 0 aliphatic carbocycles. The van der Waals surface area contributed by atoms with Crippen molar-refractivity contribution in [1.29, 1.82) is 0 Å². The Hall–Kier alpha value is -2.21. The zero-order valence-electron chi connectivity index (χ0n) is 14.4. The predicted molar refractivity (Wildman–Crippen MR) is 95.6 cm³/mol. The molecule has 0 amide bonds. The van der Waals surface area contributed by atoms with Crippen molar-refractivity contribution in [2.45, 2.75) is 25.9 Å². The normalized spacial score (nSPS) is 11.0. The minimum absolute atomic E-state index is 0.625. The van der Waals surface area contributed by atoms with Crippen molar-refractivity contribution >= 4 is 11.8 Å². The summed E-state index contributed by atoms with van der Waals surface area (Å²) in [7, 11) is 1.97. The summed E-state index contributed by atoms with van der Waals surface area (Å²) in [4.78, 5) is 0. The van der Waals surface area contributed by atoms with Crippen molar-refractivity contribution in [3.63, 3.8) is 0 Å². The maximum atomic E-state index is 5.83. The molecule has 0 aliphatic heterocycles. The smallest absolute Gasteiger partial charge is 0.191 e. The molecule has 0 spiro atoms. The molecule has 0 fully saturated rings. The molecule has 1 aromatic carbocycles. The maximum absolute atomic E-state index is 5.83. The van der Waals surface area contributed by atoms with E-state index in [9.17, 15) is 0 Å². The summed E-state index contributed by atoms with van der Waals surface area (Å²) < 4.78 is 13.2. The van der Waals surface area contributed by atoms with E-state index in [1.807, 2.05) is 24.6 Å². The number of aryl methyl sites for hydroxylation is 3. The molecule has 3 aromatic rings. The lowest BCUT2D eigenvalue weighted by atomic mass is 10.1. The Labute approximate surface area is 146 Å². The van der Waals surface area contributed by atoms with E-state index in [0.717, 1.165) is 33.8 Å². The van der Waals surface area contributed by atoms with E-state index < -0.39 is 0 Å². The van der Waals surface area contributed by atoms with Gasteiger partial charge in [0.05, 0.1) is 18.4 Å². The van der Waals surface area contributed by atoms with Crippen LogP contribution in [0.2, 0.25) is 0 Å². The molecule has 0 aliphatic rings. The summed E-state index contributed by atoms with van der Waals surface area (Å²) in [6.07, 6.45) is 1.67. The van der Waals surface area contributed by atoms with Gasteiger partial charge in [0, 0.05) is 12.8 Å². The van der Waals surface area contributed by atoms with Crippen molar-refractivity contribution in [2.75, 3.05) is 12.4 Å². The second kappa shape index (κ2) is 7.13. The first-order valence-electron chi connectivity index (χ1n) is 7.82. The summed E-state index contributed by atoms with van der Waals surface area (Å²) in [5, 5.41) is 9.40. The van der Waals surface area contributed by atoms with Gasteiger partial charge in [-0.15, -0.1) is 10.2 Å². The molecular weight excluding hydrogens is 322 g/mol. The highest BCUT2D eigenvalue weighted by atomic mass is 32.2. The lowest BCUT2D eigenvalue weighted by Crippen LogP contribution is -2.02. The third kappa shape index (κ3) is 3.64. The van der Waals surface area contributed by atoms with Gasteiger partial charge in [-0.05, 0) is 50.1 Å². The van der Waals surface area contributed by atoms with Gasteiger partial charge >= 0.3 is 0 Å². The monoisotopic (exact) mass is 343 g/mol. The number of aromatic nitrogens is 3. The fraction of sp³-hybridized carbons (Fsp3) is 0.333. The summed E-state index contributed by atoms with van der Waals surface area (Å²) >= 11 is 1.63. The average molecular weight is 343 g/mol. The van der Waals surface area contributed by atoms with Gasteiger partial charge in [-0.2, -0.15) is 0 Å². The zero-order valence-corrected chi connectivity index (χ0v) is 15.2. The molecule has 0 radical (unpaired) electrons. The molecule has 0 bridgehead atoms. The molecule has 0 atom stereocenters. The molecule has 24 heavy (non-hydrogen) atoms. The number of rotatable bonds is 6. The van der Waals surface area contributed by atoms with Crippen LogP contribution in [0.5, 0.6) is 5.75 Å². The van der Waals surface area contributed by atoms with Crippen LogP contribution in [0.1, 0.15) is 16.9 Å². The Bertz CT molecular complexity index is 818. The van der Waals surface area contributed by atoms with Gasteiger partial charge in [0.1, 0.15) is 11.5 Å². The van der Waals surface area contributed by atoms with Crippen molar-refractivity contribution < 1.29 is 9.15 Å². The Balaban J connectivity index is 1.58. The number of hydrogen-bond donors (Lipinski definition) is 0. The fourth-order valence-electron chi connectivity index (χ4n) is 2.60. The first kappa shape index (κ1) is 16.6. The van der Waals surface area contributed by atoms with Gasteiger partial charge in [0.15, 0.2) is 11.0 Å². The third-order valence-electron chi connectivity index (χ3n) is 3.71. The van der Waals surface area contributed by atoms with Gasteiger partial charge in [0.2, 0.25) is 0 Å². The quantitative estimate of drug-likeness (QED) is 0.496. The number of furan rings is 1. The molecule has 0 N–H and O–H groups in total. The Morgan fingerprint density at radius 1 is 1.12 bits per heavy atom. The minimum atomic E-state index is 0.625. The lowest BCUT2D eigenvalue weighted by Gasteiger charge is -2.08. The van der Waals surface area contributed by atoms with Crippen molar-refractivity contribution in [3.05, 3.63) is 47.4 Å². The molecule has 126 valence electrons. The largest absolute Gasteiger partial charge is 0.493 e. The van der Waals surface area contributed by atoms with Gasteiger partial charge in [-0.25, -0.2) is 0 Å². The zero-order chi connectivity index (χ0) is 17.1. The van der Waals surface area contributed by atoms with Gasteiger partial charge < -0.3 is 13.7 Å². The van der Waals surface area contributed by atoms with Gasteiger partial charge in [-0.3, -0.25) is 0 Å². The average Bonchev–Trinajstić information content (AvgIpc) is 3.09. The van der Waals surface area contributed by atoms with Crippen molar-refractivity contribution in [1.82, 2.24) is 14.8 Å². The molecule has 3 rings (SSSR count). The van der Waals surface area contributed by atoms with Crippen LogP contribution in [0, 0.1) is 20.8 Å². The first-order valence-corrected chi connectivity index (χ1v) is 8.81. The molecule has 2 heterocycles. The summed E-state index contributed by atoms with van der Waals surface area (Å²) in [6.45, 7) is 6.70. The second-order valence-electron chi connectivity index (χ2n) is 5.78. The Morgan fingerprint density at radius 2 is 1.88 bits per heavy atom. The number of hydrogen-bond acceptors (Lipinski definition) is 5. The van der Waals surface area contributed by atoms with Crippen molar-refractivity contribution in [2.24, 2.45) is 7.05 Å². The fourth-order valence-corrected chi connectivity index (χ4v) is 3.33.